The topological polar surface area (TPSA) is 71.8 Å². The first kappa shape index (κ1) is 16.9. The zero-order valence-corrected chi connectivity index (χ0v) is 16.0. The first-order chi connectivity index (χ1) is 13.8. The summed E-state index contributed by atoms with van der Waals surface area (Å²) in [6, 6.07) is 19.6. The molecule has 0 unspecified atom stereocenters. The van der Waals surface area contributed by atoms with Crippen molar-refractivity contribution >= 4 is 40.1 Å². The molecule has 0 radical (unpaired) electrons. The minimum Gasteiger partial charge on any atom is -0.274 e. The van der Waals surface area contributed by atoms with Crippen LogP contribution in [0.15, 0.2) is 60.7 Å². The summed E-state index contributed by atoms with van der Waals surface area (Å²) in [6.07, 6.45) is 3.91. The Balaban J connectivity index is 1.46. The van der Waals surface area contributed by atoms with Crippen molar-refractivity contribution in [2.45, 2.75) is 0 Å². The van der Waals surface area contributed by atoms with Crippen molar-refractivity contribution in [3.63, 3.8) is 0 Å². The molecule has 5 rings (SSSR count). The number of hydrogen-bond acceptors (Lipinski definition) is 5. The number of benzene rings is 2. The maximum Gasteiger partial charge on any atom is 0.235 e. The minimum atomic E-state index is 0.628. The highest BCUT2D eigenvalue weighted by molar-refractivity contribution is 7.17. The molecule has 0 aliphatic heterocycles. The van der Waals surface area contributed by atoms with Crippen molar-refractivity contribution in [3.05, 3.63) is 76.3 Å². The predicted molar refractivity (Wildman–Crippen MR) is 112 cm³/mol. The number of nitrogens with zero attached hydrogens (tertiary/aromatic N) is 5. The molecule has 0 atom stereocenters. The van der Waals surface area contributed by atoms with Crippen molar-refractivity contribution in [3.8, 4) is 22.8 Å². The van der Waals surface area contributed by atoms with Gasteiger partial charge in [-0.3, -0.25) is 5.10 Å². The van der Waals surface area contributed by atoms with E-state index in [-0.39, 0.29) is 0 Å². The van der Waals surface area contributed by atoms with E-state index >= 15 is 0 Å². The molecule has 6 nitrogen and oxygen atoms in total. The van der Waals surface area contributed by atoms with Gasteiger partial charge >= 0.3 is 0 Å². The summed E-state index contributed by atoms with van der Waals surface area (Å²) in [4.78, 5) is 0.719. The van der Waals surface area contributed by atoms with Crippen LogP contribution in [0, 0.1) is 0 Å². The van der Waals surface area contributed by atoms with E-state index in [9.17, 15) is 0 Å². The Morgan fingerprint density at radius 3 is 2.71 bits per heavy atom. The molecule has 0 fully saturated rings. The molecule has 0 saturated carbocycles. The second-order valence-electron chi connectivity index (χ2n) is 6.08. The van der Waals surface area contributed by atoms with E-state index in [1.165, 1.54) is 11.3 Å². The Morgan fingerprint density at radius 1 is 0.964 bits per heavy atom. The highest BCUT2D eigenvalue weighted by Gasteiger charge is 2.15. The summed E-state index contributed by atoms with van der Waals surface area (Å²) in [7, 11) is 0. The average Bonchev–Trinajstić information content (AvgIpc) is 3.43. The van der Waals surface area contributed by atoms with Gasteiger partial charge < -0.3 is 0 Å². The van der Waals surface area contributed by atoms with Gasteiger partial charge in [0.15, 0.2) is 0 Å². The molecule has 0 amide bonds. The molecule has 0 spiro atoms. The molecular formula is C20H13ClN6S. The van der Waals surface area contributed by atoms with Gasteiger partial charge in [-0.1, -0.05) is 71.5 Å². The van der Waals surface area contributed by atoms with Crippen molar-refractivity contribution in [1.29, 1.82) is 0 Å². The summed E-state index contributed by atoms with van der Waals surface area (Å²) in [5, 5.41) is 22.0. The van der Waals surface area contributed by atoms with Gasteiger partial charge in [0.05, 0.1) is 5.69 Å². The summed E-state index contributed by atoms with van der Waals surface area (Å²) < 4.78 is 1.73. The number of hydrogen-bond donors (Lipinski definition) is 1. The molecule has 2 aromatic carbocycles. The number of H-pyrrole nitrogens is 1. The van der Waals surface area contributed by atoms with Crippen LogP contribution in [0.5, 0.6) is 0 Å². The lowest BCUT2D eigenvalue weighted by molar-refractivity contribution is 0.945. The zero-order chi connectivity index (χ0) is 18.9. The van der Waals surface area contributed by atoms with Gasteiger partial charge in [-0.15, -0.1) is 10.2 Å². The standard InChI is InChI=1S/C20H13ClN6S/c21-15-8-4-5-13(11-15)9-10-18-26-27-19(24-25-20(27)28-18)17-12-16(22-23-17)14-6-2-1-3-7-14/h1-12H,(H,22,23)/b10-9+. The van der Waals surface area contributed by atoms with Gasteiger partial charge in [0.2, 0.25) is 10.8 Å². The van der Waals surface area contributed by atoms with Crippen molar-refractivity contribution in [1.82, 2.24) is 30.0 Å². The SMILES string of the molecule is Clc1cccc(/C=C/c2nn3c(-c4cc(-c5ccccc5)n[nH]4)nnc3s2)c1. The number of rotatable bonds is 4. The molecule has 0 aliphatic rings. The number of fused-ring (bicyclic) bond motifs is 1. The number of aromatic nitrogens is 6. The summed E-state index contributed by atoms with van der Waals surface area (Å²) in [5.74, 6) is 0.628. The third-order valence-corrected chi connectivity index (χ3v) is 5.26. The Labute approximate surface area is 169 Å². The van der Waals surface area contributed by atoms with Crippen molar-refractivity contribution < 1.29 is 0 Å². The molecule has 3 heterocycles. The Morgan fingerprint density at radius 2 is 1.86 bits per heavy atom. The van der Waals surface area contributed by atoms with Crippen LogP contribution >= 0.6 is 22.9 Å². The molecule has 1 N–H and O–H groups in total. The van der Waals surface area contributed by atoms with Gasteiger partial charge in [-0.2, -0.15) is 14.7 Å². The van der Waals surface area contributed by atoms with Gasteiger partial charge in [-0.25, -0.2) is 0 Å². The predicted octanol–water partition coefficient (Wildman–Crippen LogP) is 5.07. The summed E-state index contributed by atoms with van der Waals surface area (Å²) in [5.41, 5.74) is 3.67. The number of aromatic amines is 1. The zero-order valence-electron chi connectivity index (χ0n) is 14.5. The van der Waals surface area contributed by atoms with Crippen LogP contribution in [0.4, 0.5) is 0 Å². The van der Waals surface area contributed by atoms with Crippen LogP contribution in [0.1, 0.15) is 10.6 Å². The smallest absolute Gasteiger partial charge is 0.235 e. The molecule has 0 aliphatic carbocycles. The van der Waals surface area contributed by atoms with Crippen LogP contribution in [0.3, 0.4) is 0 Å². The summed E-state index contributed by atoms with van der Waals surface area (Å²) >= 11 is 7.49. The molecule has 5 aromatic rings. The Hall–Kier alpha value is -3.29. The largest absolute Gasteiger partial charge is 0.274 e. The second-order valence-corrected chi connectivity index (χ2v) is 7.50. The van der Waals surface area contributed by atoms with E-state index in [1.54, 1.807) is 4.52 Å². The number of nitrogens with one attached hydrogen (secondary N) is 1. The van der Waals surface area contributed by atoms with Crippen molar-refractivity contribution in [2.75, 3.05) is 0 Å². The van der Waals surface area contributed by atoms with E-state index in [0.29, 0.717) is 10.8 Å². The van der Waals surface area contributed by atoms with Crippen LogP contribution in [0.25, 0.3) is 39.9 Å². The molecule has 0 saturated heterocycles. The molecule has 3 aromatic heterocycles. The lowest BCUT2D eigenvalue weighted by atomic mass is 10.1. The third kappa shape index (κ3) is 3.21. The van der Waals surface area contributed by atoms with E-state index in [2.05, 4.69) is 25.5 Å². The highest BCUT2D eigenvalue weighted by Crippen LogP contribution is 2.25. The fourth-order valence-electron chi connectivity index (χ4n) is 2.84. The molecule has 136 valence electrons. The van der Waals surface area contributed by atoms with E-state index in [0.717, 1.165) is 32.5 Å². The van der Waals surface area contributed by atoms with E-state index in [4.69, 9.17) is 11.6 Å². The summed E-state index contributed by atoms with van der Waals surface area (Å²) in [6.45, 7) is 0. The van der Waals surface area contributed by atoms with Crippen LogP contribution < -0.4 is 0 Å². The second kappa shape index (κ2) is 7.03. The molecule has 8 heteroatoms. The average molecular weight is 405 g/mol. The monoisotopic (exact) mass is 404 g/mol. The van der Waals surface area contributed by atoms with E-state index in [1.807, 2.05) is 72.8 Å². The molecule has 0 bridgehead atoms. The van der Waals surface area contributed by atoms with Crippen LogP contribution in [-0.2, 0) is 0 Å². The minimum absolute atomic E-state index is 0.628. The number of halogens is 1. The first-order valence-electron chi connectivity index (χ1n) is 8.53. The maximum absolute atomic E-state index is 6.03. The van der Waals surface area contributed by atoms with Gasteiger partial charge in [0, 0.05) is 10.6 Å². The Bertz CT molecular complexity index is 1280. The first-order valence-corrected chi connectivity index (χ1v) is 9.73. The molecule has 28 heavy (non-hydrogen) atoms. The quantitative estimate of drug-likeness (QED) is 0.454. The van der Waals surface area contributed by atoms with Gasteiger partial charge in [-0.05, 0) is 29.8 Å². The molecular weight excluding hydrogens is 392 g/mol. The van der Waals surface area contributed by atoms with Gasteiger partial charge in [0.25, 0.3) is 0 Å². The highest BCUT2D eigenvalue weighted by atomic mass is 35.5. The van der Waals surface area contributed by atoms with Crippen LogP contribution in [-0.4, -0.2) is 30.0 Å². The van der Waals surface area contributed by atoms with Gasteiger partial charge in [0.1, 0.15) is 10.7 Å². The lowest BCUT2D eigenvalue weighted by Crippen LogP contribution is -1.90. The van der Waals surface area contributed by atoms with E-state index < -0.39 is 0 Å². The van der Waals surface area contributed by atoms with Crippen LogP contribution in [0.2, 0.25) is 5.02 Å². The fraction of sp³-hybridized carbons (Fsp3) is 0. The van der Waals surface area contributed by atoms with Crippen molar-refractivity contribution in [2.24, 2.45) is 0 Å². The third-order valence-electron chi connectivity index (χ3n) is 4.16. The maximum atomic E-state index is 6.03. The Kier molecular flexibility index (Phi) is 4.23. The fourth-order valence-corrected chi connectivity index (χ4v) is 3.78. The normalized spacial score (nSPS) is 11.6. The lowest BCUT2D eigenvalue weighted by Gasteiger charge is -1.93.